The van der Waals surface area contributed by atoms with E-state index in [1.54, 1.807) is 13.2 Å². The third-order valence-corrected chi connectivity index (χ3v) is 4.24. The van der Waals surface area contributed by atoms with Gasteiger partial charge in [0.1, 0.15) is 5.75 Å². The second-order valence-corrected chi connectivity index (χ2v) is 5.42. The Bertz CT molecular complexity index is 461. The number of alkyl halides is 1. The minimum absolute atomic E-state index is 0.0414. The van der Waals surface area contributed by atoms with E-state index in [0.717, 1.165) is 30.6 Å². The summed E-state index contributed by atoms with van der Waals surface area (Å²) in [6, 6.07) is 5.73. The third kappa shape index (κ3) is 3.21. The number of ether oxygens (including phenoxy) is 1. The van der Waals surface area contributed by atoms with Gasteiger partial charge in [0, 0.05) is 17.5 Å². The molecule has 1 N–H and O–H groups in total. The molecule has 1 amide bonds. The molecule has 0 aliphatic heterocycles. The van der Waals surface area contributed by atoms with Crippen molar-refractivity contribution >= 4 is 17.5 Å². The highest BCUT2D eigenvalue weighted by Gasteiger charge is 2.28. The Kier molecular flexibility index (Phi) is 4.70. The minimum atomic E-state index is -0.0414. The predicted octanol–water partition coefficient (Wildman–Crippen LogP) is 3.14. The largest absolute Gasteiger partial charge is 0.496 e. The number of amides is 1. The zero-order valence-electron chi connectivity index (χ0n) is 11.4. The molecule has 0 spiro atoms. The zero-order valence-corrected chi connectivity index (χ0v) is 12.2. The molecule has 0 saturated heterocycles. The van der Waals surface area contributed by atoms with Crippen molar-refractivity contribution in [1.82, 2.24) is 5.32 Å². The Balaban J connectivity index is 2.07. The Labute approximate surface area is 119 Å². The molecule has 1 aromatic rings. The van der Waals surface area contributed by atoms with Gasteiger partial charge in [-0.3, -0.25) is 4.79 Å². The van der Waals surface area contributed by atoms with Gasteiger partial charge in [0.15, 0.2) is 0 Å². The summed E-state index contributed by atoms with van der Waals surface area (Å²) >= 11 is 5.93. The maximum absolute atomic E-state index is 12.2. The van der Waals surface area contributed by atoms with E-state index in [-0.39, 0.29) is 11.9 Å². The van der Waals surface area contributed by atoms with Crippen molar-refractivity contribution in [2.45, 2.75) is 32.2 Å². The molecule has 104 valence electrons. The van der Waals surface area contributed by atoms with Crippen LogP contribution in [0.25, 0.3) is 0 Å². The van der Waals surface area contributed by atoms with Gasteiger partial charge >= 0.3 is 0 Å². The molecule has 3 nitrogen and oxygen atoms in total. The van der Waals surface area contributed by atoms with Crippen LogP contribution in [-0.4, -0.2) is 24.9 Å². The van der Waals surface area contributed by atoms with E-state index in [1.165, 1.54) is 0 Å². The highest BCUT2D eigenvalue weighted by molar-refractivity contribution is 6.18. The fraction of sp³-hybridized carbons (Fsp3) is 0.533. The highest BCUT2D eigenvalue weighted by Crippen LogP contribution is 2.27. The molecule has 2 atom stereocenters. The Morgan fingerprint density at radius 3 is 2.95 bits per heavy atom. The lowest BCUT2D eigenvalue weighted by Gasteiger charge is -2.19. The SMILES string of the molecule is COc1cc(C(=O)NC2CCCC2CCl)ccc1C. The summed E-state index contributed by atoms with van der Waals surface area (Å²) in [5, 5.41) is 3.09. The number of carbonyl (C=O) groups excluding carboxylic acids is 1. The number of benzene rings is 1. The first-order valence-electron chi connectivity index (χ1n) is 6.67. The van der Waals surface area contributed by atoms with Gasteiger partial charge < -0.3 is 10.1 Å². The van der Waals surface area contributed by atoms with E-state index < -0.39 is 0 Å². The van der Waals surface area contributed by atoms with Crippen molar-refractivity contribution in [3.63, 3.8) is 0 Å². The number of halogens is 1. The molecule has 4 heteroatoms. The van der Waals surface area contributed by atoms with Crippen LogP contribution in [-0.2, 0) is 0 Å². The number of hydrogen-bond acceptors (Lipinski definition) is 2. The molecule has 0 heterocycles. The van der Waals surface area contributed by atoms with Crippen LogP contribution in [0.2, 0.25) is 0 Å². The average molecular weight is 282 g/mol. The van der Waals surface area contributed by atoms with Gasteiger partial charge in [-0.15, -0.1) is 11.6 Å². The second kappa shape index (κ2) is 6.29. The molecule has 1 fully saturated rings. The van der Waals surface area contributed by atoms with E-state index in [2.05, 4.69) is 5.32 Å². The average Bonchev–Trinajstić information content (AvgIpc) is 2.86. The lowest BCUT2D eigenvalue weighted by molar-refractivity contribution is 0.0929. The fourth-order valence-electron chi connectivity index (χ4n) is 2.62. The summed E-state index contributed by atoms with van der Waals surface area (Å²) in [6.07, 6.45) is 3.26. The Morgan fingerprint density at radius 1 is 1.47 bits per heavy atom. The number of hydrogen-bond donors (Lipinski definition) is 1. The van der Waals surface area contributed by atoms with Crippen LogP contribution in [0.4, 0.5) is 0 Å². The summed E-state index contributed by atoms with van der Waals surface area (Å²) < 4.78 is 5.25. The fourth-order valence-corrected chi connectivity index (χ4v) is 2.99. The van der Waals surface area contributed by atoms with Crippen molar-refractivity contribution in [2.75, 3.05) is 13.0 Å². The van der Waals surface area contributed by atoms with Gasteiger partial charge in [-0.2, -0.15) is 0 Å². The standard InChI is InChI=1S/C15H20ClNO2/c1-10-6-7-11(8-14(10)19-2)15(18)17-13-5-3-4-12(13)9-16/h6-8,12-13H,3-5,9H2,1-2H3,(H,17,18). The van der Waals surface area contributed by atoms with Crippen LogP contribution in [0, 0.1) is 12.8 Å². The Hall–Kier alpha value is -1.22. The molecular weight excluding hydrogens is 262 g/mol. The van der Waals surface area contributed by atoms with Crippen molar-refractivity contribution in [3.05, 3.63) is 29.3 Å². The van der Waals surface area contributed by atoms with Gasteiger partial charge in [-0.05, 0) is 43.4 Å². The molecule has 1 saturated carbocycles. The topological polar surface area (TPSA) is 38.3 Å². The quantitative estimate of drug-likeness (QED) is 0.861. The van der Waals surface area contributed by atoms with Crippen molar-refractivity contribution in [2.24, 2.45) is 5.92 Å². The van der Waals surface area contributed by atoms with Crippen molar-refractivity contribution in [3.8, 4) is 5.75 Å². The second-order valence-electron chi connectivity index (χ2n) is 5.11. The smallest absolute Gasteiger partial charge is 0.251 e. The molecule has 0 radical (unpaired) electrons. The van der Waals surface area contributed by atoms with E-state index in [1.807, 2.05) is 19.1 Å². The first kappa shape index (κ1) is 14.2. The van der Waals surface area contributed by atoms with Gasteiger partial charge in [0.05, 0.1) is 7.11 Å². The van der Waals surface area contributed by atoms with Crippen LogP contribution in [0.15, 0.2) is 18.2 Å². The van der Waals surface area contributed by atoms with Crippen LogP contribution in [0.1, 0.15) is 35.2 Å². The number of methoxy groups -OCH3 is 1. The molecule has 1 aromatic carbocycles. The molecule has 1 aliphatic rings. The molecule has 1 aliphatic carbocycles. The molecule has 2 unspecified atom stereocenters. The summed E-state index contributed by atoms with van der Waals surface area (Å²) in [4.78, 5) is 12.2. The highest BCUT2D eigenvalue weighted by atomic mass is 35.5. The first-order chi connectivity index (χ1) is 9.15. The summed E-state index contributed by atoms with van der Waals surface area (Å²) in [7, 11) is 1.62. The summed E-state index contributed by atoms with van der Waals surface area (Å²) in [6.45, 7) is 1.96. The maximum atomic E-state index is 12.2. The summed E-state index contributed by atoms with van der Waals surface area (Å²) in [5.41, 5.74) is 1.67. The third-order valence-electron chi connectivity index (χ3n) is 3.84. The first-order valence-corrected chi connectivity index (χ1v) is 7.20. The van der Waals surface area contributed by atoms with Crippen LogP contribution in [0.5, 0.6) is 5.75 Å². The number of nitrogens with one attached hydrogen (secondary N) is 1. The van der Waals surface area contributed by atoms with E-state index in [4.69, 9.17) is 16.3 Å². The van der Waals surface area contributed by atoms with Gasteiger partial charge in [-0.25, -0.2) is 0 Å². The normalized spacial score (nSPS) is 22.3. The van der Waals surface area contributed by atoms with Crippen LogP contribution in [0.3, 0.4) is 0 Å². The number of carbonyl (C=O) groups is 1. The van der Waals surface area contributed by atoms with Gasteiger partial charge in [0.2, 0.25) is 0 Å². The molecular formula is C15H20ClNO2. The number of rotatable bonds is 4. The van der Waals surface area contributed by atoms with Crippen LogP contribution < -0.4 is 10.1 Å². The van der Waals surface area contributed by atoms with Crippen molar-refractivity contribution < 1.29 is 9.53 Å². The lowest BCUT2D eigenvalue weighted by Crippen LogP contribution is -2.37. The maximum Gasteiger partial charge on any atom is 0.251 e. The van der Waals surface area contributed by atoms with Crippen LogP contribution >= 0.6 is 11.6 Å². The minimum Gasteiger partial charge on any atom is -0.496 e. The monoisotopic (exact) mass is 281 g/mol. The van der Waals surface area contributed by atoms with E-state index in [9.17, 15) is 4.79 Å². The lowest BCUT2D eigenvalue weighted by atomic mass is 10.1. The molecule has 2 rings (SSSR count). The van der Waals surface area contributed by atoms with Gasteiger partial charge in [0.25, 0.3) is 5.91 Å². The Morgan fingerprint density at radius 2 is 2.26 bits per heavy atom. The molecule has 0 bridgehead atoms. The molecule has 0 aromatic heterocycles. The van der Waals surface area contributed by atoms with E-state index >= 15 is 0 Å². The van der Waals surface area contributed by atoms with Gasteiger partial charge in [-0.1, -0.05) is 12.5 Å². The number of aryl methyl sites for hydroxylation is 1. The van der Waals surface area contributed by atoms with Crippen molar-refractivity contribution in [1.29, 1.82) is 0 Å². The predicted molar refractivity (Wildman–Crippen MR) is 77.0 cm³/mol. The zero-order chi connectivity index (χ0) is 13.8. The van der Waals surface area contributed by atoms with E-state index in [0.29, 0.717) is 17.4 Å². The summed E-state index contributed by atoms with van der Waals surface area (Å²) in [5.74, 6) is 1.72. The molecule has 19 heavy (non-hydrogen) atoms.